The molecule has 0 amide bonds. The van der Waals surface area contributed by atoms with Gasteiger partial charge in [-0.2, -0.15) is 0 Å². The topological polar surface area (TPSA) is 53.5 Å². The van der Waals surface area contributed by atoms with Crippen molar-refractivity contribution in [2.45, 2.75) is 26.8 Å². The number of nitrogens with zero attached hydrogens (tertiary/aromatic N) is 3. The Morgan fingerprint density at radius 2 is 2.11 bits per heavy atom. The summed E-state index contributed by atoms with van der Waals surface area (Å²) in [6.07, 6.45) is 0.891. The molecule has 108 valence electrons. The van der Waals surface area contributed by atoms with E-state index in [9.17, 15) is 8.42 Å². The average Bonchev–Trinajstić information content (AvgIpc) is 2.64. The smallest absolute Gasteiger partial charge is 0.213 e. The SMILES string of the molecule is CCS(=O)(=O)N1CCCN(Cc2csc(C)n2)CC1. The molecule has 0 atom stereocenters. The predicted octanol–water partition coefficient (Wildman–Crippen LogP) is 1.31. The number of aryl methyl sites for hydroxylation is 1. The highest BCUT2D eigenvalue weighted by Crippen LogP contribution is 2.13. The maximum absolute atomic E-state index is 11.9. The van der Waals surface area contributed by atoms with Crippen LogP contribution in [0.1, 0.15) is 24.0 Å². The number of thiazole rings is 1. The Morgan fingerprint density at radius 1 is 1.32 bits per heavy atom. The summed E-state index contributed by atoms with van der Waals surface area (Å²) in [7, 11) is -3.04. The molecule has 1 saturated heterocycles. The fraction of sp³-hybridized carbons (Fsp3) is 0.750. The Balaban J connectivity index is 1.93. The summed E-state index contributed by atoms with van der Waals surface area (Å²) in [4.78, 5) is 6.76. The number of rotatable bonds is 4. The summed E-state index contributed by atoms with van der Waals surface area (Å²) in [6, 6.07) is 0. The number of aromatic nitrogens is 1. The van der Waals surface area contributed by atoms with Gasteiger partial charge in [0.15, 0.2) is 0 Å². The molecule has 0 spiro atoms. The molecule has 1 aliphatic rings. The molecule has 1 aromatic rings. The zero-order valence-corrected chi connectivity index (χ0v) is 13.1. The molecule has 0 aromatic carbocycles. The maximum Gasteiger partial charge on any atom is 0.213 e. The van der Waals surface area contributed by atoms with E-state index in [2.05, 4.69) is 15.3 Å². The van der Waals surface area contributed by atoms with Gasteiger partial charge in [-0.05, 0) is 26.8 Å². The van der Waals surface area contributed by atoms with Gasteiger partial charge in [0.25, 0.3) is 0 Å². The molecule has 1 fully saturated rings. The second-order valence-electron chi connectivity index (χ2n) is 4.79. The van der Waals surface area contributed by atoms with Crippen LogP contribution in [-0.2, 0) is 16.6 Å². The third kappa shape index (κ3) is 3.98. The van der Waals surface area contributed by atoms with Gasteiger partial charge in [0.05, 0.1) is 16.5 Å². The largest absolute Gasteiger partial charge is 0.296 e. The van der Waals surface area contributed by atoms with E-state index in [1.807, 2.05) is 6.92 Å². The first-order valence-electron chi connectivity index (χ1n) is 6.62. The lowest BCUT2D eigenvalue weighted by molar-refractivity contribution is 0.276. The van der Waals surface area contributed by atoms with Crippen molar-refractivity contribution < 1.29 is 8.42 Å². The lowest BCUT2D eigenvalue weighted by atomic mass is 10.3. The number of hydrogen-bond acceptors (Lipinski definition) is 5. The Hall–Kier alpha value is -0.500. The highest BCUT2D eigenvalue weighted by atomic mass is 32.2. The molecule has 0 N–H and O–H groups in total. The van der Waals surface area contributed by atoms with E-state index in [4.69, 9.17) is 0 Å². The Kier molecular flexibility index (Phi) is 4.94. The van der Waals surface area contributed by atoms with Crippen LogP contribution in [0.15, 0.2) is 5.38 Å². The molecule has 2 heterocycles. The van der Waals surface area contributed by atoms with Gasteiger partial charge < -0.3 is 0 Å². The Morgan fingerprint density at radius 3 is 2.74 bits per heavy atom. The maximum atomic E-state index is 11.9. The number of sulfonamides is 1. The first kappa shape index (κ1) is 14.9. The summed E-state index contributed by atoms with van der Waals surface area (Å²) in [5.74, 6) is 0.193. The van der Waals surface area contributed by atoms with Gasteiger partial charge in [-0.25, -0.2) is 17.7 Å². The number of hydrogen-bond donors (Lipinski definition) is 0. The molecule has 0 unspecified atom stereocenters. The summed E-state index contributed by atoms with van der Waals surface area (Å²) in [6.45, 7) is 7.50. The highest BCUT2D eigenvalue weighted by Gasteiger charge is 2.23. The third-order valence-electron chi connectivity index (χ3n) is 3.36. The minimum atomic E-state index is -3.04. The molecule has 0 aliphatic carbocycles. The average molecular weight is 303 g/mol. The molecule has 0 saturated carbocycles. The van der Waals surface area contributed by atoms with Crippen LogP contribution in [0.4, 0.5) is 0 Å². The highest BCUT2D eigenvalue weighted by molar-refractivity contribution is 7.89. The van der Waals surface area contributed by atoms with Gasteiger partial charge in [-0.1, -0.05) is 0 Å². The van der Waals surface area contributed by atoms with E-state index in [1.165, 1.54) is 0 Å². The van der Waals surface area contributed by atoms with Crippen LogP contribution in [-0.4, -0.2) is 54.5 Å². The minimum absolute atomic E-state index is 0.193. The quantitative estimate of drug-likeness (QED) is 0.841. The van der Waals surface area contributed by atoms with Crippen molar-refractivity contribution in [3.8, 4) is 0 Å². The van der Waals surface area contributed by atoms with Gasteiger partial charge in [-0.3, -0.25) is 4.90 Å². The van der Waals surface area contributed by atoms with E-state index in [0.717, 1.165) is 36.8 Å². The molecule has 1 aromatic heterocycles. The van der Waals surface area contributed by atoms with E-state index in [-0.39, 0.29) is 5.75 Å². The summed E-state index contributed by atoms with van der Waals surface area (Å²) < 4.78 is 25.4. The van der Waals surface area contributed by atoms with Crippen molar-refractivity contribution in [2.75, 3.05) is 31.9 Å². The molecule has 1 aliphatic heterocycles. The fourth-order valence-corrected chi connectivity index (χ4v) is 4.01. The normalized spacial score (nSPS) is 19.5. The van der Waals surface area contributed by atoms with Gasteiger partial charge in [0.2, 0.25) is 10.0 Å². The van der Waals surface area contributed by atoms with Gasteiger partial charge in [0, 0.05) is 31.6 Å². The lowest BCUT2D eigenvalue weighted by Gasteiger charge is -2.20. The Bertz CT molecular complexity index is 513. The van der Waals surface area contributed by atoms with Crippen molar-refractivity contribution in [1.82, 2.24) is 14.2 Å². The minimum Gasteiger partial charge on any atom is -0.296 e. The van der Waals surface area contributed by atoms with Gasteiger partial charge in [0.1, 0.15) is 0 Å². The predicted molar refractivity (Wildman–Crippen MR) is 77.8 cm³/mol. The van der Waals surface area contributed by atoms with E-state index < -0.39 is 10.0 Å². The van der Waals surface area contributed by atoms with Crippen LogP contribution >= 0.6 is 11.3 Å². The second kappa shape index (κ2) is 6.30. The van der Waals surface area contributed by atoms with Crippen molar-refractivity contribution in [1.29, 1.82) is 0 Å². The molecular weight excluding hydrogens is 282 g/mol. The zero-order valence-electron chi connectivity index (χ0n) is 11.5. The molecule has 0 bridgehead atoms. The monoisotopic (exact) mass is 303 g/mol. The Labute approximate surface area is 119 Å². The van der Waals surface area contributed by atoms with Crippen LogP contribution in [0.2, 0.25) is 0 Å². The molecule has 19 heavy (non-hydrogen) atoms. The third-order valence-corrected chi connectivity index (χ3v) is 6.06. The second-order valence-corrected chi connectivity index (χ2v) is 8.11. The molecule has 0 radical (unpaired) electrons. The van der Waals surface area contributed by atoms with Crippen molar-refractivity contribution in [3.05, 3.63) is 16.1 Å². The first-order chi connectivity index (χ1) is 9.01. The van der Waals surface area contributed by atoms with Crippen LogP contribution < -0.4 is 0 Å². The van der Waals surface area contributed by atoms with E-state index >= 15 is 0 Å². The van der Waals surface area contributed by atoms with E-state index in [0.29, 0.717) is 13.1 Å². The standard InChI is InChI=1S/C12H21N3O2S2/c1-3-19(16,17)15-6-4-5-14(7-8-15)9-12-10-18-11(2)13-12/h10H,3-9H2,1-2H3. The van der Waals surface area contributed by atoms with Crippen LogP contribution in [0.25, 0.3) is 0 Å². The van der Waals surface area contributed by atoms with Gasteiger partial charge >= 0.3 is 0 Å². The van der Waals surface area contributed by atoms with Crippen molar-refractivity contribution in [3.63, 3.8) is 0 Å². The summed E-state index contributed by atoms with van der Waals surface area (Å²) >= 11 is 1.66. The van der Waals surface area contributed by atoms with Crippen molar-refractivity contribution >= 4 is 21.4 Å². The molecular formula is C12H21N3O2S2. The molecule has 7 heteroatoms. The zero-order chi connectivity index (χ0) is 13.9. The summed E-state index contributed by atoms with van der Waals surface area (Å²) in [5.41, 5.74) is 1.09. The van der Waals surface area contributed by atoms with Crippen molar-refractivity contribution in [2.24, 2.45) is 0 Å². The first-order valence-corrected chi connectivity index (χ1v) is 9.11. The van der Waals surface area contributed by atoms with E-state index in [1.54, 1.807) is 22.6 Å². The molecule has 2 rings (SSSR count). The lowest BCUT2D eigenvalue weighted by Crippen LogP contribution is -2.36. The molecule has 5 nitrogen and oxygen atoms in total. The fourth-order valence-electron chi connectivity index (χ4n) is 2.28. The van der Waals surface area contributed by atoms with Crippen LogP contribution in [0, 0.1) is 6.92 Å². The van der Waals surface area contributed by atoms with Crippen LogP contribution in [0.5, 0.6) is 0 Å². The van der Waals surface area contributed by atoms with Gasteiger partial charge in [-0.15, -0.1) is 11.3 Å². The summed E-state index contributed by atoms with van der Waals surface area (Å²) in [5, 5.41) is 3.17. The van der Waals surface area contributed by atoms with Crippen LogP contribution in [0.3, 0.4) is 0 Å².